The van der Waals surface area contributed by atoms with Crippen LogP contribution in [-0.2, 0) is 10.1 Å². The molecule has 39 heavy (non-hydrogen) atoms. The van der Waals surface area contributed by atoms with E-state index in [9.17, 15) is 22.9 Å². The number of nitrogens with zero attached hydrogens (tertiary/aromatic N) is 2. The van der Waals surface area contributed by atoms with Crippen molar-refractivity contribution in [1.29, 1.82) is 0 Å². The van der Waals surface area contributed by atoms with Gasteiger partial charge in [0.25, 0.3) is 16.0 Å². The summed E-state index contributed by atoms with van der Waals surface area (Å²) in [4.78, 5) is 12.7. The van der Waals surface area contributed by atoms with Crippen molar-refractivity contribution in [3.05, 3.63) is 81.8 Å². The Morgan fingerprint density at radius 1 is 1.05 bits per heavy atom. The minimum absolute atomic E-state index is 0. The van der Waals surface area contributed by atoms with Crippen molar-refractivity contribution >= 4 is 67.1 Å². The van der Waals surface area contributed by atoms with E-state index in [1.807, 2.05) is 6.92 Å². The molecule has 2 N–H and O–H groups in total. The summed E-state index contributed by atoms with van der Waals surface area (Å²) in [6, 6.07) is 15.3. The third-order valence-electron chi connectivity index (χ3n) is 5.49. The Morgan fingerprint density at radius 3 is 2.44 bits per heavy atom. The van der Waals surface area contributed by atoms with Crippen molar-refractivity contribution in [1.82, 2.24) is 0 Å². The summed E-state index contributed by atoms with van der Waals surface area (Å²) >= 11 is 12.4. The summed E-state index contributed by atoms with van der Waals surface area (Å²) in [5, 5.41) is 25.4. The van der Waals surface area contributed by atoms with E-state index in [1.54, 1.807) is 36.4 Å². The van der Waals surface area contributed by atoms with Crippen LogP contribution in [0.1, 0.15) is 22.8 Å². The molecule has 0 saturated heterocycles. The molecule has 196 valence electrons. The van der Waals surface area contributed by atoms with Gasteiger partial charge < -0.3 is 15.2 Å². The number of hydrogen-bond donors (Lipinski definition) is 2. The largest absolute Gasteiger partial charge is 1.00 e. The molecule has 9 nitrogen and oxygen atoms in total. The van der Waals surface area contributed by atoms with Gasteiger partial charge in [0.05, 0.1) is 27.2 Å². The number of anilines is 1. The Labute approximate surface area is 256 Å². The summed E-state index contributed by atoms with van der Waals surface area (Å²) in [5.74, 6) is -0.948. The summed E-state index contributed by atoms with van der Waals surface area (Å²) in [6.07, 6.45) is 0. The molecule has 0 radical (unpaired) electrons. The summed E-state index contributed by atoms with van der Waals surface area (Å²) in [5.41, 5.74) is 0.120. The number of hydrogen-bond acceptors (Lipinski definition) is 7. The first kappa shape index (κ1) is 30.8. The van der Waals surface area contributed by atoms with Crippen LogP contribution < -0.4 is 44.7 Å². The molecule has 4 aromatic carbocycles. The number of rotatable bonds is 7. The second-order valence-electron chi connectivity index (χ2n) is 8.10. The van der Waals surface area contributed by atoms with Gasteiger partial charge in [0.1, 0.15) is 11.4 Å². The third kappa shape index (κ3) is 6.90. The van der Waals surface area contributed by atoms with Crippen LogP contribution in [0.3, 0.4) is 0 Å². The Kier molecular flexibility index (Phi) is 10.0. The van der Waals surface area contributed by atoms with E-state index >= 15 is 0 Å². The molecular weight excluding hydrogens is 576 g/mol. The van der Waals surface area contributed by atoms with Gasteiger partial charge in [-0.15, -0.1) is 5.11 Å². The SMILES string of the molecule is CCOc1ccc(NC(=O)c2cc3ccccc3c(N=Nc3cc(S(=O)(=O)O)c(C)cc3Cl)c2[O-])cc1Cl.[Na+]. The van der Waals surface area contributed by atoms with E-state index in [-0.39, 0.29) is 57.1 Å². The standard InChI is InChI=1S/C26H21Cl2N3O6S.Na/c1-3-37-22-9-8-16(12-20(22)28)29-26(33)18-11-15-6-4-5-7-17(15)24(25(18)32)31-30-21-13-23(38(34,35)36)14(2)10-19(21)27;/h4-13,32H,3H2,1-2H3,(H,29,33)(H,34,35,36);/q;+1/p-1. The summed E-state index contributed by atoms with van der Waals surface area (Å²) in [7, 11) is -4.55. The van der Waals surface area contributed by atoms with Crippen LogP contribution in [0.2, 0.25) is 10.0 Å². The normalized spacial score (nSPS) is 11.4. The first-order valence-electron chi connectivity index (χ1n) is 11.2. The monoisotopic (exact) mass is 595 g/mol. The van der Waals surface area contributed by atoms with Crippen molar-refractivity contribution in [3.63, 3.8) is 0 Å². The maximum Gasteiger partial charge on any atom is 1.00 e. The number of benzene rings is 4. The van der Waals surface area contributed by atoms with Gasteiger partial charge in [0.2, 0.25) is 0 Å². The fourth-order valence-electron chi connectivity index (χ4n) is 3.73. The van der Waals surface area contributed by atoms with Crippen LogP contribution in [0.15, 0.2) is 75.8 Å². The van der Waals surface area contributed by atoms with Crippen molar-refractivity contribution < 1.29 is 57.2 Å². The molecule has 0 heterocycles. The Bertz CT molecular complexity index is 1710. The average molecular weight is 596 g/mol. The first-order valence-corrected chi connectivity index (χ1v) is 13.3. The molecular formula is C26H20Cl2N3NaO6S. The van der Waals surface area contributed by atoms with Crippen LogP contribution in [0.25, 0.3) is 10.8 Å². The molecule has 0 aliphatic heterocycles. The summed E-state index contributed by atoms with van der Waals surface area (Å²) < 4.78 is 38.3. The number of halogens is 2. The molecule has 0 unspecified atom stereocenters. The van der Waals surface area contributed by atoms with Crippen LogP contribution >= 0.6 is 23.2 Å². The average Bonchev–Trinajstić information content (AvgIpc) is 2.85. The molecule has 0 fully saturated rings. The topological polar surface area (TPSA) is 140 Å². The van der Waals surface area contributed by atoms with Gasteiger partial charge in [-0.1, -0.05) is 53.2 Å². The zero-order valence-corrected chi connectivity index (χ0v) is 25.4. The van der Waals surface area contributed by atoms with E-state index < -0.39 is 26.7 Å². The molecule has 0 aliphatic rings. The van der Waals surface area contributed by atoms with Gasteiger partial charge in [-0.2, -0.15) is 13.5 Å². The third-order valence-corrected chi connectivity index (χ3v) is 7.08. The molecule has 0 atom stereocenters. The van der Waals surface area contributed by atoms with Crippen molar-refractivity contribution in [2.45, 2.75) is 18.7 Å². The fraction of sp³-hybridized carbons (Fsp3) is 0.115. The zero-order valence-electron chi connectivity index (χ0n) is 21.0. The number of carbonyl (C=O) groups excluding carboxylic acids is 1. The van der Waals surface area contributed by atoms with Gasteiger partial charge in [0, 0.05) is 16.6 Å². The van der Waals surface area contributed by atoms with Gasteiger partial charge in [-0.25, -0.2) is 0 Å². The van der Waals surface area contributed by atoms with Crippen LogP contribution in [0.5, 0.6) is 11.5 Å². The number of amides is 1. The molecule has 4 rings (SSSR count). The molecule has 1 amide bonds. The Morgan fingerprint density at radius 2 is 1.77 bits per heavy atom. The number of nitrogens with one attached hydrogen (secondary N) is 1. The second kappa shape index (κ2) is 12.6. The minimum Gasteiger partial charge on any atom is -0.870 e. The van der Waals surface area contributed by atoms with E-state index in [2.05, 4.69) is 15.5 Å². The molecule has 0 spiro atoms. The molecule has 13 heteroatoms. The predicted molar refractivity (Wildman–Crippen MR) is 144 cm³/mol. The van der Waals surface area contributed by atoms with Gasteiger partial charge in [-0.05, 0) is 61.2 Å². The van der Waals surface area contributed by atoms with Crippen molar-refractivity contribution in [2.75, 3.05) is 11.9 Å². The maximum atomic E-state index is 13.4. The predicted octanol–water partition coefficient (Wildman–Crippen LogP) is 3.85. The van der Waals surface area contributed by atoms with Crippen molar-refractivity contribution in [3.8, 4) is 11.5 Å². The molecule has 4 aromatic rings. The quantitative estimate of drug-likeness (QED) is 0.189. The van der Waals surface area contributed by atoms with Crippen LogP contribution in [-0.4, -0.2) is 25.5 Å². The number of fused-ring (bicyclic) bond motifs is 1. The van der Waals surface area contributed by atoms with Gasteiger partial charge in [-0.3, -0.25) is 9.35 Å². The van der Waals surface area contributed by atoms with E-state index in [4.69, 9.17) is 27.9 Å². The first-order chi connectivity index (χ1) is 18.0. The van der Waals surface area contributed by atoms with Crippen LogP contribution in [0, 0.1) is 6.92 Å². The van der Waals surface area contributed by atoms with E-state index in [1.165, 1.54) is 25.1 Å². The fourth-order valence-corrected chi connectivity index (χ4v) is 4.94. The zero-order chi connectivity index (χ0) is 27.6. The molecule has 0 aliphatic carbocycles. The summed E-state index contributed by atoms with van der Waals surface area (Å²) in [6.45, 7) is 3.69. The number of carbonyl (C=O) groups is 1. The molecule has 0 bridgehead atoms. The maximum absolute atomic E-state index is 13.4. The number of ether oxygens (including phenoxy) is 1. The van der Waals surface area contributed by atoms with Crippen molar-refractivity contribution in [2.24, 2.45) is 10.2 Å². The number of aryl methyl sites for hydroxylation is 1. The van der Waals surface area contributed by atoms with E-state index in [0.717, 1.165) is 6.07 Å². The number of azo groups is 1. The second-order valence-corrected chi connectivity index (χ2v) is 10.3. The smallest absolute Gasteiger partial charge is 0.870 e. The minimum atomic E-state index is -4.55. The van der Waals surface area contributed by atoms with Crippen LogP contribution in [0.4, 0.5) is 17.1 Å². The van der Waals surface area contributed by atoms with Gasteiger partial charge >= 0.3 is 29.6 Å². The Balaban J connectivity index is 0.00000420. The Hall–Kier alpha value is -2.70. The van der Waals surface area contributed by atoms with E-state index in [0.29, 0.717) is 33.8 Å². The molecule has 0 aromatic heterocycles. The molecule has 0 saturated carbocycles. The van der Waals surface area contributed by atoms with Gasteiger partial charge in [0.15, 0.2) is 0 Å².